The van der Waals surface area contributed by atoms with Gasteiger partial charge in [0, 0.05) is 26.2 Å². The third-order valence-corrected chi connectivity index (χ3v) is 3.03. The fourth-order valence-electron chi connectivity index (χ4n) is 1.97. The maximum Gasteiger partial charge on any atom is 0.191 e. The van der Waals surface area contributed by atoms with E-state index in [0.29, 0.717) is 0 Å². The summed E-state index contributed by atoms with van der Waals surface area (Å²) in [7, 11) is 0. The number of guanidine groups is 1. The van der Waals surface area contributed by atoms with Crippen LogP contribution in [0.3, 0.4) is 0 Å². The summed E-state index contributed by atoms with van der Waals surface area (Å²) < 4.78 is 5.63. The molecule has 4 nitrogen and oxygen atoms in total. The highest BCUT2D eigenvalue weighted by atomic mass is 127. The van der Waals surface area contributed by atoms with Gasteiger partial charge in [0.05, 0.1) is 6.61 Å². The standard InChI is InChI=1S/C15H23N3O.HI/c1-2-6-14(7-3-1)8-13-19-12-5-11-18-15-16-9-4-10-17-15;/h1-3,6-7H,4-5,8-13H2,(H2,16,17,18);1H. The first kappa shape index (κ1) is 17.2. The quantitative estimate of drug-likeness (QED) is 0.555. The molecular weight excluding hydrogens is 365 g/mol. The summed E-state index contributed by atoms with van der Waals surface area (Å²) in [4.78, 5) is 4.36. The molecule has 0 amide bonds. The van der Waals surface area contributed by atoms with Crippen LogP contribution in [-0.2, 0) is 11.2 Å². The Morgan fingerprint density at radius 1 is 1.20 bits per heavy atom. The van der Waals surface area contributed by atoms with Gasteiger partial charge in [0.2, 0.25) is 0 Å². The molecular formula is C15H24IN3O. The Kier molecular flexibility index (Phi) is 9.40. The lowest BCUT2D eigenvalue weighted by Gasteiger charge is -2.15. The van der Waals surface area contributed by atoms with Gasteiger partial charge in [0.1, 0.15) is 0 Å². The summed E-state index contributed by atoms with van der Waals surface area (Å²) in [6, 6.07) is 10.4. The summed E-state index contributed by atoms with van der Waals surface area (Å²) in [6.07, 6.45) is 3.13. The number of aliphatic imine (C=N–C) groups is 1. The fraction of sp³-hybridized carbons (Fsp3) is 0.533. The van der Waals surface area contributed by atoms with Crippen LogP contribution in [0.25, 0.3) is 0 Å². The Balaban J connectivity index is 0.00000200. The molecule has 0 spiro atoms. The Hall–Kier alpha value is -0.820. The smallest absolute Gasteiger partial charge is 0.191 e. The molecule has 0 saturated carbocycles. The van der Waals surface area contributed by atoms with Gasteiger partial charge in [-0.1, -0.05) is 30.3 Å². The van der Waals surface area contributed by atoms with Crippen molar-refractivity contribution in [2.24, 2.45) is 4.99 Å². The fourth-order valence-corrected chi connectivity index (χ4v) is 1.97. The van der Waals surface area contributed by atoms with Gasteiger partial charge < -0.3 is 15.4 Å². The predicted octanol–water partition coefficient (Wildman–Crippen LogP) is 2.19. The maximum atomic E-state index is 5.63. The summed E-state index contributed by atoms with van der Waals surface area (Å²) in [5.41, 5.74) is 1.33. The van der Waals surface area contributed by atoms with Crippen LogP contribution in [0.4, 0.5) is 0 Å². The molecule has 112 valence electrons. The van der Waals surface area contributed by atoms with Crippen molar-refractivity contribution in [3.63, 3.8) is 0 Å². The zero-order chi connectivity index (χ0) is 13.2. The lowest BCUT2D eigenvalue weighted by molar-refractivity contribution is 0.135. The zero-order valence-corrected chi connectivity index (χ0v) is 14.1. The van der Waals surface area contributed by atoms with Crippen LogP contribution in [0.1, 0.15) is 18.4 Å². The lowest BCUT2D eigenvalue weighted by Crippen LogP contribution is -2.41. The van der Waals surface area contributed by atoms with Crippen LogP contribution < -0.4 is 10.6 Å². The first-order valence-corrected chi connectivity index (χ1v) is 7.09. The molecule has 20 heavy (non-hydrogen) atoms. The van der Waals surface area contributed by atoms with Crippen LogP contribution in [0.15, 0.2) is 35.3 Å². The van der Waals surface area contributed by atoms with E-state index in [9.17, 15) is 0 Å². The van der Waals surface area contributed by atoms with E-state index in [2.05, 4.69) is 39.9 Å². The molecule has 1 heterocycles. The van der Waals surface area contributed by atoms with Crippen molar-refractivity contribution in [1.29, 1.82) is 0 Å². The number of nitrogens with zero attached hydrogens (tertiary/aromatic N) is 1. The van der Waals surface area contributed by atoms with E-state index in [1.54, 1.807) is 0 Å². The van der Waals surface area contributed by atoms with E-state index in [0.717, 1.165) is 58.1 Å². The van der Waals surface area contributed by atoms with Gasteiger partial charge in [-0.3, -0.25) is 4.99 Å². The van der Waals surface area contributed by atoms with Gasteiger partial charge in [-0.15, -0.1) is 24.0 Å². The van der Waals surface area contributed by atoms with Gasteiger partial charge in [-0.25, -0.2) is 0 Å². The molecule has 0 saturated heterocycles. The SMILES string of the molecule is I.c1ccc(CCOCCCNC2=NCCCN2)cc1. The van der Waals surface area contributed by atoms with Gasteiger partial charge in [0.25, 0.3) is 0 Å². The molecule has 1 aromatic rings. The molecule has 2 N–H and O–H groups in total. The van der Waals surface area contributed by atoms with Crippen molar-refractivity contribution < 1.29 is 4.74 Å². The van der Waals surface area contributed by atoms with E-state index >= 15 is 0 Å². The molecule has 1 aliphatic rings. The third-order valence-electron chi connectivity index (χ3n) is 3.03. The second kappa shape index (κ2) is 10.9. The van der Waals surface area contributed by atoms with Crippen LogP contribution in [0.2, 0.25) is 0 Å². The first-order chi connectivity index (χ1) is 9.45. The topological polar surface area (TPSA) is 45.6 Å². The molecule has 1 aromatic carbocycles. The van der Waals surface area contributed by atoms with E-state index in [-0.39, 0.29) is 24.0 Å². The summed E-state index contributed by atoms with van der Waals surface area (Å²) in [5.74, 6) is 0.940. The second-order valence-electron chi connectivity index (χ2n) is 4.64. The monoisotopic (exact) mass is 389 g/mol. The van der Waals surface area contributed by atoms with E-state index in [4.69, 9.17) is 4.74 Å². The molecule has 1 aliphatic heterocycles. The summed E-state index contributed by atoms with van der Waals surface area (Å²) in [6.45, 7) is 4.47. The van der Waals surface area contributed by atoms with Gasteiger partial charge in [0.15, 0.2) is 5.96 Å². The molecule has 0 unspecified atom stereocenters. The Labute approximate surface area is 138 Å². The summed E-state index contributed by atoms with van der Waals surface area (Å²) >= 11 is 0. The van der Waals surface area contributed by atoms with E-state index in [1.165, 1.54) is 5.56 Å². The summed E-state index contributed by atoms with van der Waals surface area (Å²) in [5, 5.41) is 6.53. The Bertz CT molecular complexity index is 384. The van der Waals surface area contributed by atoms with Gasteiger partial charge in [-0.2, -0.15) is 0 Å². The van der Waals surface area contributed by atoms with E-state index in [1.807, 2.05) is 6.07 Å². The molecule has 0 aliphatic carbocycles. The highest BCUT2D eigenvalue weighted by molar-refractivity contribution is 14.0. The minimum atomic E-state index is 0. The van der Waals surface area contributed by atoms with E-state index < -0.39 is 0 Å². The largest absolute Gasteiger partial charge is 0.381 e. The minimum absolute atomic E-state index is 0. The average molecular weight is 389 g/mol. The zero-order valence-electron chi connectivity index (χ0n) is 11.8. The van der Waals surface area contributed by atoms with Crippen molar-refractivity contribution in [2.45, 2.75) is 19.3 Å². The van der Waals surface area contributed by atoms with Crippen molar-refractivity contribution in [1.82, 2.24) is 10.6 Å². The third kappa shape index (κ3) is 7.09. The van der Waals surface area contributed by atoms with Crippen molar-refractivity contribution in [2.75, 3.05) is 32.8 Å². The number of rotatable bonds is 7. The first-order valence-electron chi connectivity index (χ1n) is 7.09. The van der Waals surface area contributed by atoms with Crippen LogP contribution in [0, 0.1) is 0 Å². The number of hydrogen-bond donors (Lipinski definition) is 2. The molecule has 0 aromatic heterocycles. The van der Waals surface area contributed by atoms with Gasteiger partial charge >= 0.3 is 0 Å². The number of halogens is 1. The van der Waals surface area contributed by atoms with Crippen LogP contribution in [0.5, 0.6) is 0 Å². The Morgan fingerprint density at radius 3 is 2.80 bits per heavy atom. The lowest BCUT2D eigenvalue weighted by atomic mass is 10.2. The number of hydrogen-bond acceptors (Lipinski definition) is 4. The van der Waals surface area contributed by atoms with Gasteiger partial charge in [-0.05, 0) is 24.8 Å². The molecule has 5 heteroatoms. The molecule has 2 rings (SSSR count). The van der Waals surface area contributed by atoms with Crippen LogP contribution >= 0.6 is 24.0 Å². The van der Waals surface area contributed by atoms with Crippen molar-refractivity contribution >= 4 is 29.9 Å². The number of nitrogens with one attached hydrogen (secondary N) is 2. The second-order valence-corrected chi connectivity index (χ2v) is 4.64. The maximum absolute atomic E-state index is 5.63. The molecule has 0 atom stereocenters. The van der Waals surface area contributed by atoms with Crippen LogP contribution in [-0.4, -0.2) is 38.8 Å². The van der Waals surface area contributed by atoms with Crippen molar-refractivity contribution in [3.8, 4) is 0 Å². The average Bonchev–Trinajstić information content (AvgIpc) is 2.48. The predicted molar refractivity (Wildman–Crippen MR) is 93.9 cm³/mol. The molecule has 0 radical (unpaired) electrons. The highest BCUT2D eigenvalue weighted by Crippen LogP contribution is 1.99. The molecule has 0 fully saturated rings. The Morgan fingerprint density at radius 2 is 2.05 bits per heavy atom. The minimum Gasteiger partial charge on any atom is -0.381 e. The normalized spacial score (nSPS) is 13.9. The molecule has 0 bridgehead atoms. The number of benzene rings is 1. The number of ether oxygens (including phenoxy) is 1. The highest BCUT2D eigenvalue weighted by Gasteiger charge is 2.01. The van der Waals surface area contributed by atoms with Crippen molar-refractivity contribution in [3.05, 3.63) is 35.9 Å².